The first-order valence-electron chi connectivity index (χ1n) is 14.2. The number of hydrogen-bond donors (Lipinski definition) is 3. The summed E-state index contributed by atoms with van der Waals surface area (Å²) in [5.74, 6) is 0.657. The largest absolute Gasteiger partial charge is 0.457 e. The molecule has 3 aliphatic heterocycles. The SMILES string of the molecule is Cc1cc(Oc2ccccc2)ccc1N1C(=O)NC2=C(C(=O)NC3CC(C(=O)CCS(C)(=O)=O)C3)SC3NCCC1C23. The molecule has 1 saturated carbocycles. The number of ketones is 1. The van der Waals surface area contributed by atoms with Crippen LogP contribution in [0, 0.1) is 18.8 Å². The van der Waals surface area contributed by atoms with E-state index in [2.05, 4.69) is 16.0 Å². The molecular weight excluding hydrogens is 576 g/mol. The topological polar surface area (TPSA) is 134 Å². The minimum Gasteiger partial charge on any atom is -0.457 e. The first-order valence-corrected chi connectivity index (χ1v) is 17.1. The number of rotatable bonds is 9. The highest BCUT2D eigenvalue weighted by Crippen LogP contribution is 2.48. The number of amides is 3. The minimum atomic E-state index is -3.19. The summed E-state index contributed by atoms with van der Waals surface area (Å²) in [5.41, 5.74) is 2.37. The Morgan fingerprint density at radius 1 is 1.12 bits per heavy atom. The summed E-state index contributed by atoms with van der Waals surface area (Å²) in [5, 5.41) is 9.53. The van der Waals surface area contributed by atoms with E-state index in [0.29, 0.717) is 29.2 Å². The lowest BCUT2D eigenvalue weighted by Crippen LogP contribution is -2.62. The third-order valence-corrected chi connectivity index (χ3v) is 10.7. The molecule has 6 rings (SSSR count). The Morgan fingerprint density at radius 2 is 1.88 bits per heavy atom. The second kappa shape index (κ2) is 11.4. The van der Waals surface area contributed by atoms with Crippen molar-refractivity contribution in [3.05, 3.63) is 64.7 Å². The second-order valence-electron chi connectivity index (χ2n) is 11.5. The summed E-state index contributed by atoms with van der Waals surface area (Å²) in [7, 11) is -3.19. The number of urea groups is 1. The number of Topliss-reactive ketones (excluding diaryl/α,β-unsaturated/α-hetero) is 1. The summed E-state index contributed by atoms with van der Waals surface area (Å²) in [6, 6.07) is 14.7. The Balaban J connectivity index is 1.14. The number of carbonyl (C=O) groups is 3. The summed E-state index contributed by atoms with van der Waals surface area (Å²) < 4.78 is 28.7. The fourth-order valence-corrected chi connectivity index (χ4v) is 8.20. The standard InChI is InChI=1S/C30H34N4O6S2/c1-17-14-21(40-20-6-4-3-5-7-20)8-9-22(17)34-23-10-12-31-29-25(23)26(33-30(34)37)27(41-29)28(36)32-19-15-18(16-19)24(35)11-13-42(2,38)39/h3-9,14,18-19,23,25,29,31H,10-13,15-16H2,1-2H3,(H,32,36)(H,33,37). The molecule has 3 N–H and O–H groups in total. The highest BCUT2D eigenvalue weighted by atomic mass is 32.2. The van der Waals surface area contributed by atoms with Crippen molar-refractivity contribution in [1.82, 2.24) is 16.0 Å². The molecule has 3 heterocycles. The molecule has 2 aromatic carbocycles. The zero-order valence-electron chi connectivity index (χ0n) is 23.5. The van der Waals surface area contributed by atoms with Gasteiger partial charge in [0.2, 0.25) is 0 Å². The Bertz CT molecular complexity index is 1550. The molecule has 0 aromatic heterocycles. The van der Waals surface area contributed by atoms with Crippen molar-refractivity contribution >= 4 is 45.0 Å². The number of nitrogens with one attached hydrogen (secondary N) is 3. The number of carbonyl (C=O) groups excluding carboxylic acids is 3. The number of sulfone groups is 1. The second-order valence-corrected chi connectivity index (χ2v) is 14.9. The van der Waals surface area contributed by atoms with E-state index in [-0.39, 0.29) is 59.2 Å². The molecule has 3 unspecified atom stereocenters. The first kappa shape index (κ1) is 28.8. The number of piperidine rings is 1. The van der Waals surface area contributed by atoms with Crippen LogP contribution in [0.2, 0.25) is 0 Å². The van der Waals surface area contributed by atoms with Crippen LogP contribution in [0.3, 0.4) is 0 Å². The minimum absolute atomic E-state index is 0.0104. The van der Waals surface area contributed by atoms with Crippen LogP contribution in [0.25, 0.3) is 0 Å². The number of hydrogen-bond acceptors (Lipinski definition) is 8. The van der Waals surface area contributed by atoms with E-state index in [1.807, 2.05) is 60.4 Å². The van der Waals surface area contributed by atoms with E-state index in [0.717, 1.165) is 36.2 Å². The van der Waals surface area contributed by atoms with Gasteiger partial charge >= 0.3 is 6.03 Å². The number of anilines is 1. The van der Waals surface area contributed by atoms with Gasteiger partial charge in [-0.05, 0) is 68.6 Å². The molecule has 4 aliphatic rings. The van der Waals surface area contributed by atoms with Crippen molar-refractivity contribution in [3.63, 3.8) is 0 Å². The number of thioether (sulfide) groups is 1. The van der Waals surface area contributed by atoms with E-state index < -0.39 is 9.84 Å². The van der Waals surface area contributed by atoms with Crippen LogP contribution < -0.4 is 25.6 Å². The van der Waals surface area contributed by atoms with Gasteiger partial charge in [0, 0.05) is 41.9 Å². The highest BCUT2D eigenvalue weighted by molar-refractivity contribution is 8.04. The summed E-state index contributed by atoms with van der Waals surface area (Å²) >= 11 is 1.44. The molecule has 2 saturated heterocycles. The summed E-state index contributed by atoms with van der Waals surface area (Å²) in [4.78, 5) is 41.6. The van der Waals surface area contributed by atoms with Gasteiger partial charge in [0.25, 0.3) is 5.91 Å². The van der Waals surface area contributed by atoms with Crippen LogP contribution in [0.15, 0.2) is 59.1 Å². The molecule has 10 nitrogen and oxygen atoms in total. The maximum atomic E-state index is 13.6. The maximum Gasteiger partial charge on any atom is 0.326 e. The van der Waals surface area contributed by atoms with Gasteiger partial charge in [-0.2, -0.15) is 0 Å². The summed E-state index contributed by atoms with van der Waals surface area (Å²) in [6.07, 6.45) is 2.88. The zero-order valence-corrected chi connectivity index (χ0v) is 25.1. The van der Waals surface area contributed by atoms with Gasteiger partial charge in [0.1, 0.15) is 27.1 Å². The molecule has 0 spiro atoms. The van der Waals surface area contributed by atoms with Gasteiger partial charge in [-0.25, -0.2) is 13.2 Å². The predicted octanol–water partition coefficient (Wildman–Crippen LogP) is 3.48. The first-order chi connectivity index (χ1) is 20.1. The van der Waals surface area contributed by atoms with Gasteiger partial charge in [-0.1, -0.05) is 30.0 Å². The predicted molar refractivity (Wildman–Crippen MR) is 161 cm³/mol. The lowest BCUT2D eigenvalue weighted by Gasteiger charge is -2.46. The van der Waals surface area contributed by atoms with E-state index in [1.54, 1.807) is 0 Å². The molecule has 0 bridgehead atoms. The average molecular weight is 611 g/mol. The van der Waals surface area contributed by atoms with Gasteiger partial charge < -0.3 is 20.7 Å². The molecule has 222 valence electrons. The lowest BCUT2D eigenvalue weighted by molar-refractivity contribution is -0.127. The molecule has 3 fully saturated rings. The van der Waals surface area contributed by atoms with Crippen LogP contribution in [0.4, 0.5) is 10.5 Å². The third-order valence-electron chi connectivity index (χ3n) is 8.40. The Labute approximate surface area is 249 Å². The van der Waals surface area contributed by atoms with Crippen LogP contribution in [-0.4, -0.2) is 62.2 Å². The Hall–Kier alpha value is -3.35. The quantitative estimate of drug-likeness (QED) is 0.393. The van der Waals surface area contributed by atoms with Crippen LogP contribution >= 0.6 is 11.8 Å². The molecule has 3 amide bonds. The van der Waals surface area contributed by atoms with Crippen molar-refractivity contribution in [2.24, 2.45) is 11.8 Å². The fraction of sp³-hybridized carbons (Fsp3) is 0.433. The average Bonchev–Trinajstić information content (AvgIpc) is 3.29. The van der Waals surface area contributed by atoms with E-state index in [1.165, 1.54) is 11.8 Å². The van der Waals surface area contributed by atoms with Crippen molar-refractivity contribution in [3.8, 4) is 11.5 Å². The van der Waals surface area contributed by atoms with Gasteiger partial charge in [0.15, 0.2) is 0 Å². The van der Waals surface area contributed by atoms with E-state index in [9.17, 15) is 22.8 Å². The maximum absolute atomic E-state index is 13.6. The Morgan fingerprint density at radius 3 is 2.60 bits per heavy atom. The highest BCUT2D eigenvalue weighted by Gasteiger charge is 2.52. The number of para-hydroxylation sites is 1. The van der Waals surface area contributed by atoms with Crippen LogP contribution in [-0.2, 0) is 19.4 Å². The van der Waals surface area contributed by atoms with Crippen molar-refractivity contribution < 1.29 is 27.5 Å². The van der Waals surface area contributed by atoms with Crippen molar-refractivity contribution in [2.45, 2.75) is 50.1 Å². The number of nitrogens with zero attached hydrogens (tertiary/aromatic N) is 1. The van der Waals surface area contributed by atoms with E-state index >= 15 is 0 Å². The number of benzene rings is 2. The molecule has 12 heteroatoms. The van der Waals surface area contributed by atoms with Gasteiger partial charge in [-0.15, -0.1) is 0 Å². The van der Waals surface area contributed by atoms with Gasteiger partial charge in [0.05, 0.1) is 22.1 Å². The third kappa shape index (κ3) is 5.80. The Kier molecular flexibility index (Phi) is 7.79. The number of ether oxygens (including phenoxy) is 1. The molecular formula is C30H34N4O6S2. The van der Waals surface area contributed by atoms with Crippen LogP contribution in [0.5, 0.6) is 11.5 Å². The normalized spacial score (nSPS) is 26.7. The van der Waals surface area contributed by atoms with Crippen molar-refractivity contribution in [2.75, 3.05) is 23.5 Å². The molecule has 42 heavy (non-hydrogen) atoms. The summed E-state index contributed by atoms with van der Waals surface area (Å²) in [6.45, 7) is 2.68. The smallest absolute Gasteiger partial charge is 0.326 e. The molecule has 0 radical (unpaired) electrons. The molecule has 3 atom stereocenters. The molecule has 2 aromatic rings. The fourth-order valence-electron chi connectivity index (χ4n) is 6.23. The van der Waals surface area contributed by atoms with Crippen molar-refractivity contribution in [1.29, 1.82) is 0 Å². The monoisotopic (exact) mass is 610 g/mol. The van der Waals surface area contributed by atoms with Gasteiger partial charge in [-0.3, -0.25) is 14.5 Å². The zero-order chi connectivity index (χ0) is 29.6. The van der Waals surface area contributed by atoms with Crippen LogP contribution in [0.1, 0.15) is 31.2 Å². The van der Waals surface area contributed by atoms with E-state index in [4.69, 9.17) is 4.74 Å². The lowest BCUT2D eigenvalue weighted by atomic mass is 9.77. The number of aryl methyl sites for hydroxylation is 1. The molecule has 1 aliphatic carbocycles.